The molecule has 0 saturated heterocycles. The minimum absolute atomic E-state index is 0.0335. The second-order valence-electron chi connectivity index (χ2n) is 6.66. The molecule has 0 spiro atoms. The Bertz CT molecular complexity index is 1110. The van der Waals surface area contributed by atoms with E-state index in [2.05, 4.69) is 21.4 Å². The number of nitrogens with zero attached hydrogens (tertiary/aromatic N) is 1. The van der Waals surface area contributed by atoms with Crippen LogP contribution in [0, 0.1) is 6.92 Å². The predicted molar refractivity (Wildman–Crippen MR) is 116 cm³/mol. The van der Waals surface area contributed by atoms with Crippen LogP contribution in [0.25, 0.3) is 22.2 Å². The summed E-state index contributed by atoms with van der Waals surface area (Å²) in [6.45, 7) is 2.50. The zero-order valence-corrected chi connectivity index (χ0v) is 17.0. The number of aromatic nitrogens is 2. The van der Waals surface area contributed by atoms with Crippen molar-refractivity contribution < 1.29 is 4.79 Å². The molecule has 2 aromatic heterocycles. The van der Waals surface area contributed by atoms with Crippen molar-refractivity contribution in [3.8, 4) is 11.3 Å². The molecule has 2 N–H and O–H groups in total. The normalized spacial score (nSPS) is 11.1. The summed E-state index contributed by atoms with van der Waals surface area (Å²) in [6, 6.07) is 15.8. The van der Waals surface area contributed by atoms with E-state index in [1.807, 2.05) is 55.6 Å². The summed E-state index contributed by atoms with van der Waals surface area (Å²) in [5, 5.41) is 5.78. The number of halogens is 1. The van der Waals surface area contributed by atoms with Crippen molar-refractivity contribution in [1.82, 2.24) is 15.3 Å². The van der Waals surface area contributed by atoms with Crippen LogP contribution < -0.4 is 5.32 Å². The summed E-state index contributed by atoms with van der Waals surface area (Å²) < 4.78 is 0. The Kier molecular flexibility index (Phi) is 5.46. The van der Waals surface area contributed by atoms with Crippen molar-refractivity contribution in [1.29, 1.82) is 0 Å². The third-order valence-corrected chi connectivity index (χ3v) is 5.91. The first-order chi connectivity index (χ1) is 13.6. The fraction of sp³-hybridized carbons (Fsp3) is 0.182. The van der Waals surface area contributed by atoms with Gasteiger partial charge < -0.3 is 10.3 Å². The summed E-state index contributed by atoms with van der Waals surface area (Å²) >= 11 is 7.57. The van der Waals surface area contributed by atoms with Gasteiger partial charge in [0.2, 0.25) is 5.91 Å². The molecule has 4 aromatic rings. The van der Waals surface area contributed by atoms with Gasteiger partial charge in [-0.25, -0.2) is 4.98 Å². The van der Waals surface area contributed by atoms with E-state index in [9.17, 15) is 4.79 Å². The molecule has 1 amide bonds. The molecule has 0 fully saturated rings. The van der Waals surface area contributed by atoms with E-state index in [0.717, 1.165) is 26.7 Å². The van der Waals surface area contributed by atoms with Crippen LogP contribution in [-0.2, 0) is 17.8 Å². The lowest BCUT2D eigenvalue weighted by atomic mass is 10.1. The van der Waals surface area contributed by atoms with Crippen LogP contribution in [0.15, 0.2) is 54.7 Å². The molecule has 4 nitrogen and oxygen atoms in total. The highest BCUT2D eigenvalue weighted by Crippen LogP contribution is 2.28. The van der Waals surface area contributed by atoms with Crippen molar-refractivity contribution >= 4 is 39.7 Å². The van der Waals surface area contributed by atoms with Gasteiger partial charge in [-0.2, -0.15) is 0 Å². The van der Waals surface area contributed by atoms with Crippen molar-refractivity contribution in [2.75, 3.05) is 0 Å². The van der Waals surface area contributed by atoms with Gasteiger partial charge in [-0.3, -0.25) is 4.79 Å². The quantitative estimate of drug-likeness (QED) is 0.441. The van der Waals surface area contributed by atoms with E-state index in [0.29, 0.717) is 24.4 Å². The Hall–Kier alpha value is -2.63. The van der Waals surface area contributed by atoms with E-state index in [1.54, 1.807) is 11.3 Å². The lowest BCUT2D eigenvalue weighted by molar-refractivity contribution is -0.121. The van der Waals surface area contributed by atoms with Crippen molar-refractivity contribution in [3.63, 3.8) is 0 Å². The van der Waals surface area contributed by atoms with E-state index in [1.165, 1.54) is 10.9 Å². The van der Waals surface area contributed by atoms with Gasteiger partial charge in [0.15, 0.2) is 0 Å². The maximum Gasteiger partial charge on any atom is 0.220 e. The number of amides is 1. The zero-order chi connectivity index (χ0) is 19.5. The average Bonchev–Trinajstić information content (AvgIpc) is 3.29. The number of H-pyrrole nitrogens is 1. The van der Waals surface area contributed by atoms with Crippen LogP contribution in [0.4, 0.5) is 0 Å². The van der Waals surface area contributed by atoms with Gasteiger partial charge in [-0.05, 0) is 37.1 Å². The Morgan fingerprint density at radius 2 is 1.96 bits per heavy atom. The fourth-order valence-electron chi connectivity index (χ4n) is 3.25. The molecule has 0 aliphatic carbocycles. The highest BCUT2D eigenvalue weighted by atomic mass is 35.5. The number of thiazole rings is 1. The monoisotopic (exact) mass is 409 g/mol. The smallest absolute Gasteiger partial charge is 0.220 e. The maximum atomic E-state index is 12.3. The van der Waals surface area contributed by atoms with Crippen LogP contribution >= 0.6 is 22.9 Å². The summed E-state index contributed by atoms with van der Waals surface area (Å²) in [5.74, 6) is 0.0335. The molecule has 0 aliphatic rings. The summed E-state index contributed by atoms with van der Waals surface area (Å²) in [7, 11) is 0. The molecule has 142 valence electrons. The number of carbonyl (C=O) groups is 1. The number of aryl methyl sites for hydroxylation is 2. The Morgan fingerprint density at radius 3 is 2.79 bits per heavy atom. The number of rotatable bonds is 6. The molecule has 0 bridgehead atoms. The lowest BCUT2D eigenvalue weighted by Gasteiger charge is -2.03. The Morgan fingerprint density at radius 1 is 1.18 bits per heavy atom. The van der Waals surface area contributed by atoms with E-state index in [4.69, 9.17) is 11.6 Å². The molecule has 0 atom stereocenters. The SMILES string of the molecule is Cc1sc(CNC(=O)CCc2c[nH]c3ccccc23)nc1-c1ccc(Cl)cc1. The van der Waals surface area contributed by atoms with E-state index in [-0.39, 0.29) is 5.91 Å². The number of aromatic amines is 1. The van der Waals surface area contributed by atoms with Crippen molar-refractivity contribution in [3.05, 3.63) is 75.2 Å². The first kappa shape index (κ1) is 18.7. The first-order valence-electron chi connectivity index (χ1n) is 9.14. The third-order valence-electron chi connectivity index (χ3n) is 4.69. The third kappa shape index (κ3) is 4.11. The molecule has 0 saturated carbocycles. The Labute approximate surface area is 172 Å². The minimum atomic E-state index is 0.0335. The van der Waals surface area contributed by atoms with Gasteiger partial charge in [0, 0.05) is 39.0 Å². The number of fused-ring (bicyclic) bond motifs is 1. The van der Waals surface area contributed by atoms with Crippen LogP contribution in [0.2, 0.25) is 5.02 Å². The zero-order valence-electron chi connectivity index (χ0n) is 15.5. The van der Waals surface area contributed by atoms with Crippen LogP contribution in [0.1, 0.15) is 21.9 Å². The Balaban J connectivity index is 1.35. The largest absolute Gasteiger partial charge is 0.361 e. The molecule has 2 heterocycles. The number of carbonyl (C=O) groups excluding carboxylic acids is 1. The number of benzene rings is 2. The van der Waals surface area contributed by atoms with Gasteiger partial charge >= 0.3 is 0 Å². The van der Waals surface area contributed by atoms with Gasteiger partial charge in [0.25, 0.3) is 0 Å². The molecular formula is C22H20ClN3OS. The van der Waals surface area contributed by atoms with Gasteiger partial charge in [0.1, 0.15) is 5.01 Å². The van der Waals surface area contributed by atoms with E-state index < -0.39 is 0 Å². The molecule has 28 heavy (non-hydrogen) atoms. The molecule has 2 aromatic carbocycles. The topological polar surface area (TPSA) is 57.8 Å². The van der Waals surface area contributed by atoms with Crippen molar-refractivity contribution in [2.24, 2.45) is 0 Å². The highest BCUT2D eigenvalue weighted by Gasteiger charge is 2.11. The van der Waals surface area contributed by atoms with Gasteiger partial charge in [-0.1, -0.05) is 41.9 Å². The number of para-hydroxylation sites is 1. The standard InChI is InChI=1S/C22H20ClN3OS/c1-14-22(15-6-9-17(23)10-7-15)26-21(28-14)13-25-20(27)11-8-16-12-24-19-5-3-2-4-18(16)19/h2-7,9-10,12,24H,8,11,13H2,1H3,(H,25,27). The van der Waals surface area contributed by atoms with E-state index >= 15 is 0 Å². The summed E-state index contributed by atoms with van der Waals surface area (Å²) in [4.78, 5) is 21.4. The lowest BCUT2D eigenvalue weighted by Crippen LogP contribution is -2.22. The molecule has 0 radical (unpaired) electrons. The average molecular weight is 410 g/mol. The molecule has 6 heteroatoms. The molecular weight excluding hydrogens is 390 g/mol. The fourth-order valence-corrected chi connectivity index (χ4v) is 4.27. The number of nitrogens with one attached hydrogen (secondary N) is 2. The number of hydrogen-bond acceptors (Lipinski definition) is 3. The minimum Gasteiger partial charge on any atom is -0.361 e. The summed E-state index contributed by atoms with van der Waals surface area (Å²) in [6.07, 6.45) is 3.15. The highest BCUT2D eigenvalue weighted by molar-refractivity contribution is 7.12. The van der Waals surface area contributed by atoms with Crippen LogP contribution in [-0.4, -0.2) is 15.9 Å². The first-order valence-corrected chi connectivity index (χ1v) is 10.3. The second-order valence-corrected chi connectivity index (χ2v) is 8.38. The second kappa shape index (κ2) is 8.17. The number of hydrogen-bond donors (Lipinski definition) is 2. The van der Waals surface area contributed by atoms with Gasteiger partial charge in [-0.15, -0.1) is 11.3 Å². The van der Waals surface area contributed by atoms with Crippen molar-refractivity contribution in [2.45, 2.75) is 26.3 Å². The summed E-state index contributed by atoms with van der Waals surface area (Å²) in [5.41, 5.74) is 4.26. The predicted octanol–water partition coefficient (Wildman–Crippen LogP) is 5.50. The van der Waals surface area contributed by atoms with Crippen LogP contribution in [0.5, 0.6) is 0 Å². The molecule has 0 unspecified atom stereocenters. The van der Waals surface area contributed by atoms with Crippen LogP contribution in [0.3, 0.4) is 0 Å². The van der Waals surface area contributed by atoms with Gasteiger partial charge in [0.05, 0.1) is 12.2 Å². The maximum absolute atomic E-state index is 12.3. The molecule has 0 aliphatic heterocycles. The molecule has 4 rings (SSSR count).